The topological polar surface area (TPSA) is 109 Å². The number of hydrogen-bond donors (Lipinski definition) is 2. The maximum absolute atomic E-state index is 12.5. The number of amides is 1. The number of rotatable bonds is 7. The van der Waals surface area contributed by atoms with Crippen LogP contribution >= 0.6 is 0 Å². The molecule has 1 aliphatic rings. The van der Waals surface area contributed by atoms with Crippen molar-refractivity contribution in [2.75, 3.05) is 19.0 Å². The highest BCUT2D eigenvalue weighted by Gasteiger charge is 2.31. The van der Waals surface area contributed by atoms with Gasteiger partial charge in [-0.2, -0.15) is 4.98 Å². The lowest BCUT2D eigenvalue weighted by atomic mass is 10.1. The molecule has 186 valence electrons. The van der Waals surface area contributed by atoms with Crippen LogP contribution in [0.4, 0.5) is 5.82 Å². The minimum atomic E-state index is -0.249. The summed E-state index contributed by atoms with van der Waals surface area (Å²) in [6.45, 7) is 1.79. The normalized spacial score (nSPS) is 15.8. The molecular weight excluding hydrogens is 468 g/mol. The van der Waals surface area contributed by atoms with Crippen molar-refractivity contribution in [2.24, 2.45) is 0 Å². The van der Waals surface area contributed by atoms with E-state index in [-0.39, 0.29) is 11.9 Å². The molecule has 1 saturated heterocycles. The molecule has 2 aromatic carbocycles. The number of ether oxygens (including phenoxy) is 1. The van der Waals surface area contributed by atoms with Crippen molar-refractivity contribution in [3.8, 4) is 17.1 Å². The third kappa shape index (κ3) is 4.68. The van der Waals surface area contributed by atoms with Gasteiger partial charge < -0.3 is 19.6 Å². The summed E-state index contributed by atoms with van der Waals surface area (Å²) < 4.78 is 10.8. The summed E-state index contributed by atoms with van der Waals surface area (Å²) in [6.07, 6.45) is 5.77. The van der Waals surface area contributed by atoms with Gasteiger partial charge in [0.1, 0.15) is 11.6 Å². The number of H-pyrrole nitrogens is 1. The highest BCUT2D eigenvalue weighted by Crippen LogP contribution is 2.34. The van der Waals surface area contributed by atoms with Gasteiger partial charge in [0.15, 0.2) is 0 Å². The van der Waals surface area contributed by atoms with Crippen LogP contribution in [-0.4, -0.2) is 44.6 Å². The second-order valence-electron chi connectivity index (χ2n) is 9.06. The first-order valence-electron chi connectivity index (χ1n) is 12.2. The number of hydrogen-bond acceptors (Lipinski definition) is 7. The molecule has 37 heavy (non-hydrogen) atoms. The van der Waals surface area contributed by atoms with E-state index in [0.717, 1.165) is 37.0 Å². The highest BCUT2D eigenvalue weighted by molar-refractivity contribution is 6.03. The van der Waals surface area contributed by atoms with Crippen LogP contribution in [0.3, 0.4) is 0 Å². The van der Waals surface area contributed by atoms with Gasteiger partial charge in [0, 0.05) is 41.0 Å². The van der Waals surface area contributed by atoms with Crippen molar-refractivity contribution >= 4 is 22.6 Å². The third-order valence-electron chi connectivity index (χ3n) is 6.75. The first-order chi connectivity index (χ1) is 18.2. The number of fused-ring (bicyclic) bond motifs is 1. The standard InChI is InChI=1S/C28H26N6O3/c1-36-21-11-8-18(9-12-21)27(35)31-25-13-10-19(15-30-25)26-32-28(37-33-26)24-7-4-14-34(24)17-20-16-29-23-6-3-2-5-22(20)23/h2-3,5-6,8-13,15-16,24,29H,4,7,14,17H2,1H3,(H,30,31,35). The molecule has 0 aliphatic carbocycles. The lowest BCUT2D eigenvalue weighted by molar-refractivity contribution is 0.102. The van der Waals surface area contributed by atoms with Gasteiger partial charge in [-0.05, 0) is 67.4 Å². The second-order valence-corrected chi connectivity index (χ2v) is 9.06. The zero-order chi connectivity index (χ0) is 25.2. The van der Waals surface area contributed by atoms with Crippen LogP contribution in [0.15, 0.2) is 77.6 Å². The minimum Gasteiger partial charge on any atom is -0.497 e. The Hall–Kier alpha value is -4.50. The Bertz CT molecular complexity index is 1520. The van der Waals surface area contributed by atoms with E-state index in [9.17, 15) is 4.79 Å². The number of anilines is 1. The molecule has 4 heterocycles. The molecule has 1 unspecified atom stereocenters. The Morgan fingerprint density at radius 1 is 1.16 bits per heavy atom. The number of aromatic amines is 1. The number of para-hydroxylation sites is 1. The fraction of sp³-hybridized carbons (Fsp3) is 0.214. The number of pyridine rings is 1. The number of nitrogens with one attached hydrogen (secondary N) is 2. The van der Waals surface area contributed by atoms with Gasteiger partial charge in [-0.15, -0.1) is 0 Å². The lowest BCUT2D eigenvalue weighted by Gasteiger charge is -2.21. The van der Waals surface area contributed by atoms with Gasteiger partial charge in [-0.25, -0.2) is 4.98 Å². The van der Waals surface area contributed by atoms with Crippen LogP contribution in [0.5, 0.6) is 5.75 Å². The number of benzene rings is 2. The van der Waals surface area contributed by atoms with E-state index in [2.05, 4.69) is 49.7 Å². The smallest absolute Gasteiger partial charge is 0.256 e. The fourth-order valence-corrected chi connectivity index (χ4v) is 4.80. The largest absolute Gasteiger partial charge is 0.497 e. The van der Waals surface area contributed by atoms with Crippen molar-refractivity contribution in [1.29, 1.82) is 0 Å². The molecule has 2 N–H and O–H groups in total. The Labute approximate surface area is 213 Å². The summed E-state index contributed by atoms with van der Waals surface area (Å²) in [5.74, 6) is 1.98. The Kier molecular flexibility index (Phi) is 6.11. The third-order valence-corrected chi connectivity index (χ3v) is 6.75. The van der Waals surface area contributed by atoms with Crippen molar-refractivity contribution in [3.05, 3.63) is 90.1 Å². The van der Waals surface area contributed by atoms with Gasteiger partial charge in [0.25, 0.3) is 5.91 Å². The predicted octanol–water partition coefficient (Wildman–Crippen LogP) is 5.21. The Morgan fingerprint density at radius 3 is 2.84 bits per heavy atom. The van der Waals surface area contributed by atoms with Crippen LogP contribution < -0.4 is 10.1 Å². The van der Waals surface area contributed by atoms with Gasteiger partial charge in [-0.1, -0.05) is 23.4 Å². The molecule has 1 atom stereocenters. The number of aromatic nitrogens is 4. The summed E-state index contributed by atoms with van der Waals surface area (Å²) in [7, 11) is 1.59. The van der Waals surface area contributed by atoms with E-state index in [1.165, 1.54) is 10.9 Å². The molecule has 0 radical (unpaired) electrons. The lowest BCUT2D eigenvalue weighted by Crippen LogP contribution is -2.22. The van der Waals surface area contributed by atoms with Gasteiger partial charge in [-0.3, -0.25) is 9.69 Å². The van der Waals surface area contributed by atoms with Gasteiger partial charge >= 0.3 is 0 Å². The SMILES string of the molecule is COc1ccc(C(=O)Nc2ccc(-c3noc(C4CCCN4Cc4c[nH]c5ccccc45)n3)cn2)cc1. The number of nitrogens with zero attached hydrogens (tertiary/aromatic N) is 4. The molecule has 5 aromatic rings. The summed E-state index contributed by atoms with van der Waals surface area (Å²) in [6, 6.07) is 18.9. The molecule has 9 nitrogen and oxygen atoms in total. The van der Waals surface area contributed by atoms with Crippen LogP contribution in [0.1, 0.15) is 40.7 Å². The van der Waals surface area contributed by atoms with Crippen molar-refractivity contribution in [2.45, 2.75) is 25.4 Å². The van der Waals surface area contributed by atoms with Gasteiger partial charge in [0.2, 0.25) is 11.7 Å². The van der Waals surface area contributed by atoms with E-state index in [0.29, 0.717) is 28.8 Å². The van der Waals surface area contributed by atoms with Crippen molar-refractivity contribution in [1.82, 2.24) is 25.0 Å². The predicted molar refractivity (Wildman–Crippen MR) is 139 cm³/mol. The second kappa shape index (κ2) is 9.87. The molecular formula is C28H26N6O3. The van der Waals surface area contributed by atoms with E-state index in [1.807, 2.05) is 12.1 Å². The Morgan fingerprint density at radius 2 is 2.03 bits per heavy atom. The maximum atomic E-state index is 12.5. The average Bonchev–Trinajstić information content (AvgIpc) is 3.70. The average molecular weight is 495 g/mol. The van der Waals surface area contributed by atoms with Crippen molar-refractivity contribution in [3.63, 3.8) is 0 Å². The molecule has 6 rings (SSSR count). The van der Waals surface area contributed by atoms with Crippen LogP contribution in [-0.2, 0) is 6.54 Å². The van der Waals surface area contributed by atoms with Crippen molar-refractivity contribution < 1.29 is 14.1 Å². The molecule has 0 spiro atoms. The monoisotopic (exact) mass is 494 g/mol. The molecule has 9 heteroatoms. The quantitative estimate of drug-likeness (QED) is 0.320. The first kappa shape index (κ1) is 22.9. The molecule has 1 aliphatic heterocycles. The van der Waals surface area contributed by atoms with Crippen LogP contribution in [0, 0.1) is 0 Å². The first-order valence-corrected chi connectivity index (χ1v) is 12.2. The Balaban J connectivity index is 1.13. The maximum Gasteiger partial charge on any atom is 0.256 e. The molecule has 1 amide bonds. The van der Waals surface area contributed by atoms with E-state index < -0.39 is 0 Å². The summed E-state index contributed by atoms with van der Waals surface area (Å²) in [4.78, 5) is 27.3. The van der Waals surface area contributed by atoms with Gasteiger partial charge in [0.05, 0.1) is 13.2 Å². The number of carbonyl (C=O) groups excluding carboxylic acids is 1. The fourth-order valence-electron chi connectivity index (χ4n) is 4.80. The summed E-state index contributed by atoms with van der Waals surface area (Å²) in [5.41, 5.74) is 3.64. The molecule has 3 aromatic heterocycles. The summed E-state index contributed by atoms with van der Waals surface area (Å²) >= 11 is 0. The number of carbonyl (C=O) groups is 1. The van der Waals surface area contributed by atoms with E-state index >= 15 is 0 Å². The van der Waals surface area contributed by atoms with E-state index in [4.69, 9.17) is 14.2 Å². The zero-order valence-electron chi connectivity index (χ0n) is 20.3. The molecule has 1 fully saturated rings. The molecule has 0 saturated carbocycles. The van der Waals surface area contributed by atoms with Crippen LogP contribution in [0.25, 0.3) is 22.3 Å². The zero-order valence-corrected chi connectivity index (χ0v) is 20.3. The minimum absolute atomic E-state index is 0.0749. The number of likely N-dealkylation sites (tertiary alicyclic amines) is 1. The molecule has 0 bridgehead atoms. The van der Waals surface area contributed by atoms with E-state index in [1.54, 1.807) is 43.6 Å². The summed E-state index contributed by atoms with van der Waals surface area (Å²) in [5, 5.41) is 8.25. The number of methoxy groups -OCH3 is 1. The highest BCUT2D eigenvalue weighted by atomic mass is 16.5. The van der Waals surface area contributed by atoms with Crippen LogP contribution in [0.2, 0.25) is 0 Å².